The van der Waals surface area contributed by atoms with Gasteiger partial charge >= 0.3 is 0 Å². The lowest BCUT2D eigenvalue weighted by molar-refractivity contribution is -0.153. The second-order valence-electron chi connectivity index (χ2n) is 12.0. The highest BCUT2D eigenvalue weighted by Crippen LogP contribution is 2.53. The zero-order valence-corrected chi connectivity index (χ0v) is 23.6. The zero-order valence-electron chi connectivity index (χ0n) is 22.8. The first-order chi connectivity index (χ1) is 18.4. The molecule has 4 atom stereocenters. The number of aliphatic hydroxyl groups is 3. The number of carbonyl (C=O) groups excluding carboxylic acids is 4. The molecule has 3 aliphatic carbocycles. The molecule has 1 saturated carbocycles. The Hall–Kier alpha value is -3.48. The number of pyridine rings is 1. The van der Waals surface area contributed by atoms with Gasteiger partial charge in [0.1, 0.15) is 22.2 Å². The Balaban J connectivity index is 1.84. The van der Waals surface area contributed by atoms with Gasteiger partial charge in [0.05, 0.1) is 11.6 Å². The van der Waals surface area contributed by atoms with Crippen LogP contribution in [0.3, 0.4) is 0 Å². The summed E-state index contributed by atoms with van der Waals surface area (Å²) in [5, 5.41) is 47.3. The molecule has 1 aromatic heterocycles. The first-order valence-electron chi connectivity index (χ1n) is 12.8. The van der Waals surface area contributed by atoms with Crippen molar-refractivity contribution in [3.05, 3.63) is 33.2 Å². The second kappa shape index (κ2) is 9.86. The van der Waals surface area contributed by atoms with Gasteiger partial charge in [0.15, 0.2) is 23.0 Å². The Morgan fingerprint density at radius 2 is 1.82 bits per heavy atom. The molecule has 4 rings (SSSR count). The summed E-state index contributed by atoms with van der Waals surface area (Å²) in [7, 11) is 3.03. The Bertz CT molecular complexity index is 1410. The second-order valence-corrected chi connectivity index (χ2v) is 12.4. The Morgan fingerprint density at radius 1 is 1.20 bits per heavy atom. The van der Waals surface area contributed by atoms with E-state index in [1.807, 2.05) is 20.8 Å². The topological polar surface area (TPSA) is 203 Å². The SMILES string of the molecule is CN(C)[C@@H]1C(=O)C(C(N)=O)=C(O)[C@@]2(O)C(=O)C3=C(O)c4c(O)c(NC(=O)CCC(C)(C)C)nc(Cl)c4C[C@H]3C[C@@H]12. The van der Waals surface area contributed by atoms with Crippen molar-refractivity contribution in [1.82, 2.24) is 9.88 Å². The molecule has 2 amide bonds. The first kappa shape index (κ1) is 29.5. The molecule has 0 unspecified atom stereocenters. The highest BCUT2D eigenvalue weighted by molar-refractivity contribution is 6.31. The molecule has 1 heterocycles. The summed E-state index contributed by atoms with van der Waals surface area (Å²) >= 11 is 6.43. The monoisotopic (exact) mass is 576 g/mol. The first-order valence-corrected chi connectivity index (χ1v) is 13.2. The minimum atomic E-state index is -2.75. The molecule has 0 spiro atoms. The smallest absolute Gasteiger partial charge is 0.255 e. The summed E-state index contributed by atoms with van der Waals surface area (Å²) in [5.74, 6) is -8.57. The van der Waals surface area contributed by atoms with Crippen molar-refractivity contribution in [2.75, 3.05) is 19.4 Å². The number of primary amides is 1. The van der Waals surface area contributed by atoms with Crippen LogP contribution in [0.15, 0.2) is 16.9 Å². The standard InChI is InChI=1S/C27H33ClN4O8/c1-26(2,3)7-6-13(33)30-25-20(36)15-11(23(28)31-25)8-10-9-12-17(32(4)5)19(35)16(24(29)39)22(38)27(12,40)21(37)14(10)18(15)34/h10,12,17,34,36,38,40H,6-9H2,1-5H3,(H2,29,39)(H,30,31,33)/t10-,12-,17-,27-/m0/s1. The Labute approximate surface area is 235 Å². The number of aromatic hydroxyl groups is 1. The molecule has 0 bridgehead atoms. The number of aliphatic hydroxyl groups excluding tert-OH is 2. The van der Waals surface area contributed by atoms with E-state index in [2.05, 4.69) is 10.3 Å². The number of hydrogen-bond donors (Lipinski definition) is 6. The van der Waals surface area contributed by atoms with E-state index in [-0.39, 0.29) is 52.3 Å². The average Bonchev–Trinajstić information content (AvgIpc) is 2.82. The summed E-state index contributed by atoms with van der Waals surface area (Å²) in [5.41, 5.74) is 1.20. The van der Waals surface area contributed by atoms with Crippen LogP contribution < -0.4 is 11.1 Å². The fraction of sp³-hybridized carbons (Fsp3) is 0.519. The molecule has 216 valence electrons. The number of hydrogen-bond acceptors (Lipinski definition) is 10. The van der Waals surface area contributed by atoms with Crippen molar-refractivity contribution >= 4 is 46.6 Å². The maximum absolute atomic E-state index is 13.9. The number of Topliss-reactive ketones (excluding diaryl/α,β-unsaturated/α-hetero) is 2. The van der Waals surface area contributed by atoms with Gasteiger partial charge in [-0.05, 0) is 44.7 Å². The summed E-state index contributed by atoms with van der Waals surface area (Å²) in [6.07, 6.45) is 0.589. The highest BCUT2D eigenvalue weighted by Gasteiger charge is 2.64. The van der Waals surface area contributed by atoms with E-state index in [1.54, 1.807) is 0 Å². The molecule has 0 aliphatic heterocycles. The number of nitrogens with two attached hydrogens (primary N) is 1. The number of rotatable bonds is 5. The van der Waals surface area contributed by atoms with Crippen LogP contribution >= 0.6 is 11.6 Å². The molecule has 7 N–H and O–H groups in total. The number of ketones is 2. The van der Waals surface area contributed by atoms with E-state index in [4.69, 9.17) is 17.3 Å². The number of anilines is 1. The number of nitrogens with zero attached hydrogens (tertiary/aromatic N) is 2. The quantitative estimate of drug-likeness (QED) is 0.221. The summed E-state index contributed by atoms with van der Waals surface area (Å²) in [6.45, 7) is 5.90. The van der Waals surface area contributed by atoms with Gasteiger partial charge in [-0.2, -0.15) is 0 Å². The van der Waals surface area contributed by atoms with E-state index in [1.165, 1.54) is 19.0 Å². The van der Waals surface area contributed by atoms with Crippen LogP contribution in [0.1, 0.15) is 51.2 Å². The third-order valence-electron chi connectivity index (χ3n) is 7.90. The van der Waals surface area contributed by atoms with Gasteiger partial charge in [-0.25, -0.2) is 4.98 Å². The molecular formula is C27H33ClN4O8. The summed E-state index contributed by atoms with van der Waals surface area (Å²) in [6, 6.07) is -1.19. The van der Waals surface area contributed by atoms with Gasteiger partial charge < -0.3 is 31.5 Å². The average molecular weight is 577 g/mol. The normalized spacial score (nSPS) is 26.4. The third kappa shape index (κ3) is 4.53. The van der Waals surface area contributed by atoms with Crippen molar-refractivity contribution in [1.29, 1.82) is 0 Å². The van der Waals surface area contributed by atoms with Crippen molar-refractivity contribution in [3.8, 4) is 5.75 Å². The number of nitrogens with one attached hydrogen (secondary N) is 1. The number of aromatic nitrogens is 1. The van der Waals surface area contributed by atoms with Crippen LogP contribution in [0.4, 0.5) is 5.82 Å². The van der Waals surface area contributed by atoms with Crippen LogP contribution in [-0.2, 0) is 25.6 Å². The van der Waals surface area contributed by atoms with Crippen LogP contribution in [-0.4, -0.2) is 79.4 Å². The minimum absolute atomic E-state index is 0.00776. The lowest BCUT2D eigenvalue weighted by Gasteiger charge is -2.50. The van der Waals surface area contributed by atoms with E-state index in [0.29, 0.717) is 6.42 Å². The summed E-state index contributed by atoms with van der Waals surface area (Å²) < 4.78 is 0. The predicted octanol–water partition coefficient (Wildman–Crippen LogP) is 1.78. The van der Waals surface area contributed by atoms with Crippen LogP contribution in [0, 0.1) is 17.3 Å². The number of carbonyl (C=O) groups is 4. The van der Waals surface area contributed by atoms with Crippen molar-refractivity contribution in [2.45, 2.75) is 58.1 Å². The van der Waals surface area contributed by atoms with Crippen LogP contribution in [0.2, 0.25) is 5.15 Å². The fourth-order valence-corrected chi connectivity index (χ4v) is 6.18. The van der Waals surface area contributed by atoms with Crippen LogP contribution in [0.5, 0.6) is 5.75 Å². The number of halogens is 1. The number of amides is 2. The molecule has 1 fully saturated rings. The molecule has 12 nitrogen and oxygen atoms in total. The van der Waals surface area contributed by atoms with Gasteiger partial charge in [-0.15, -0.1) is 0 Å². The van der Waals surface area contributed by atoms with Gasteiger partial charge in [-0.1, -0.05) is 32.4 Å². The molecule has 13 heteroatoms. The minimum Gasteiger partial charge on any atom is -0.508 e. The zero-order chi connectivity index (χ0) is 30.1. The maximum Gasteiger partial charge on any atom is 0.255 e. The molecule has 40 heavy (non-hydrogen) atoms. The molecule has 0 aromatic carbocycles. The third-order valence-corrected chi connectivity index (χ3v) is 8.21. The molecule has 3 aliphatic rings. The van der Waals surface area contributed by atoms with Crippen LogP contribution in [0.25, 0.3) is 5.76 Å². The number of fused-ring (bicyclic) bond motifs is 3. The van der Waals surface area contributed by atoms with E-state index in [9.17, 15) is 39.6 Å². The lowest BCUT2D eigenvalue weighted by atomic mass is 9.57. The molecular weight excluding hydrogens is 544 g/mol. The summed E-state index contributed by atoms with van der Waals surface area (Å²) in [4.78, 5) is 57.1. The maximum atomic E-state index is 13.9. The molecule has 0 saturated heterocycles. The molecule has 1 aromatic rings. The Kier molecular flexibility index (Phi) is 7.27. The fourth-order valence-electron chi connectivity index (χ4n) is 5.93. The lowest BCUT2D eigenvalue weighted by Crippen LogP contribution is -2.65. The van der Waals surface area contributed by atoms with Crippen molar-refractivity contribution < 1.29 is 39.6 Å². The predicted molar refractivity (Wildman–Crippen MR) is 144 cm³/mol. The van der Waals surface area contributed by atoms with Gasteiger partial charge in [0, 0.05) is 23.5 Å². The van der Waals surface area contributed by atoms with E-state index in [0.717, 1.165) is 0 Å². The Morgan fingerprint density at radius 3 is 2.38 bits per heavy atom. The highest BCUT2D eigenvalue weighted by atomic mass is 35.5. The van der Waals surface area contributed by atoms with Gasteiger partial charge in [0.2, 0.25) is 11.7 Å². The van der Waals surface area contributed by atoms with Gasteiger partial charge in [-0.3, -0.25) is 24.1 Å². The van der Waals surface area contributed by atoms with E-state index >= 15 is 0 Å². The van der Waals surface area contributed by atoms with Gasteiger partial charge in [0.25, 0.3) is 5.91 Å². The van der Waals surface area contributed by atoms with Crippen molar-refractivity contribution in [3.63, 3.8) is 0 Å². The number of likely N-dealkylation sites (N-methyl/N-ethyl adjacent to an activating group) is 1. The van der Waals surface area contributed by atoms with Crippen molar-refractivity contribution in [2.24, 2.45) is 23.0 Å². The van der Waals surface area contributed by atoms with E-state index < -0.39 is 69.7 Å². The molecule has 0 radical (unpaired) electrons. The largest absolute Gasteiger partial charge is 0.508 e.